The summed E-state index contributed by atoms with van der Waals surface area (Å²) < 4.78 is 20.9. The summed E-state index contributed by atoms with van der Waals surface area (Å²) in [6.45, 7) is 1.60. The lowest BCUT2D eigenvalue weighted by atomic mass is 10.2. The molecule has 0 fully saturated rings. The molecule has 9 heteroatoms. The van der Waals surface area contributed by atoms with Crippen LogP contribution in [0.5, 0.6) is 11.5 Å². The van der Waals surface area contributed by atoms with Crippen molar-refractivity contribution in [1.82, 2.24) is 15.0 Å². The molecule has 0 unspecified atom stereocenters. The molecule has 1 amide bonds. The molecule has 128 valence electrons. The summed E-state index contributed by atoms with van der Waals surface area (Å²) in [6, 6.07) is 5.42. The maximum atomic E-state index is 11.1. The monoisotopic (exact) mass is 334 g/mol. The summed E-state index contributed by atoms with van der Waals surface area (Å²) >= 11 is 0. The van der Waals surface area contributed by atoms with Gasteiger partial charge in [0.1, 0.15) is 0 Å². The van der Waals surface area contributed by atoms with E-state index in [9.17, 15) is 4.79 Å². The Morgan fingerprint density at radius 3 is 3.00 bits per heavy atom. The molecule has 9 nitrogen and oxygen atoms in total. The van der Waals surface area contributed by atoms with E-state index < -0.39 is 5.91 Å². The number of carbonyl (C=O) groups excluding carboxylic acids is 1. The zero-order valence-corrected chi connectivity index (χ0v) is 13.2. The molecule has 1 aliphatic rings. The van der Waals surface area contributed by atoms with Gasteiger partial charge in [-0.15, -0.1) is 0 Å². The normalized spacial score (nSPS) is 12.8. The van der Waals surface area contributed by atoms with Crippen molar-refractivity contribution in [1.29, 1.82) is 0 Å². The fourth-order valence-corrected chi connectivity index (χ4v) is 2.32. The Labute approximate surface area is 138 Å². The van der Waals surface area contributed by atoms with E-state index in [-0.39, 0.29) is 13.3 Å². The molecule has 24 heavy (non-hydrogen) atoms. The van der Waals surface area contributed by atoms with Crippen molar-refractivity contribution in [2.45, 2.75) is 6.54 Å². The number of amides is 1. The van der Waals surface area contributed by atoms with Crippen LogP contribution in [0.2, 0.25) is 0 Å². The number of primary amides is 1. The lowest BCUT2D eigenvalue weighted by Crippen LogP contribution is -2.35. The number of carbonyl (C=O) groups is 1. The number of fused-ring (bicyclic) bond motifs is 1. The van der Waals surface area contributed by atoms with Gasteiger partial charge in [0, 0.05) is 19.2 Å². The lowest BCUT2D eigenvalue weighted by molar-refractivity contribution is -0.119. The molecule has 2 N–H and O–H groups in total. The predicted molar refractivity (Wildman–Crippen MR) is 82.2 cm³/mol. The van der Waals surface area contributed by atoms with E-state index in [1.165, 1.54) is 0 Å². The van der Waals surface area contributed by atoms with Gasteiger partial charge in [-0.1, -0.05) is 5.16 Å². The highest BCUT2D eigenvalue weighted by Crippen LogP contribution is 2.35. The third-order valence-corrected chi connectivity index (χ3v) is 3.45. The smallest absolute Gasteiger partial charge is 0.241 e. The number of nitrogens with two attached hydrogens (primary N) is 1. The molecule has 1 aromatic heterocycles. The summed E-state index contributed by atoms with van der Waals surface area (Å²) in [5.74, 6) is 1.74. The first-order valence-electron chi connectivity index (χ1n) is 7.38. The number of ether oxygens (including phenoxy) is 3. The minimum atomic E-state index is -0.429. The topological polar surface area (TPSA) is 113 Å². The van der Waals surface area contributed by atoms with E-state index >= 15 is 0 Å². The van der Waals surface area contributed by atoms with E-state index in [2.05, 4.69) is 10.1 Å². The number of aromatic nitrogens is 2. The Bertz CT molecular complexity index is 718. The number of benzene rings is 1. The second kappa shape index (κ2) is 7.28. The average Bonchev–Trinajstić information content (AvgIpc) is 3.20. The Morgan fingerprint density at radius 1 is 1.38 bits per heavy atom. The van der Waals surface area contributed by atoms with E-state index in [1.54, 1.807) is 24.1 Å². The SMILES string of the molecule is COCCN(CC(N)=O)Cc1nc(-c2ccc3c(c2)OCO3)no1. The van der Waals surface area contributed by atoms with Crippen LogP contribution in [0, 0.1) is 0 Å². The van der Waals surface area contributed by atoms with Crippen LogP contribution >= 0.6 is 0 Å². The van der Waals surface area contributed by atoms with Gasteiger partial charge in [-0.3, -0.25) is 9.69 Å². The van der Waals surface area contributed by atoms with Crippen molar-refractivity contribution in [2.75, 3.05) is 33.6 Å². The van der Waals surface area contributed by atoms with Crippen molar-refractivity contribution in [3.8, 4) is 22.9 Å². The average molecular weight is 334 g/mol. The van der Waals surface area contributed by atoms with Crippen LogP contribution < -0.4 is 15.2 Å². The summed E-state index contributed by atoms with van der Waals surface area (Å²) in [5.41, 5.74) is 6.01. The predicted octanol–water partition coefficient (Wildman–Crippen LogP) is 0.399. The molecule has 0 spiro atoms. The number of rotatable bonds is 8. The van der Waals surface area contributed by atoms with Gasteiger partial charge < -0.3 is 24.5 Å². The van der Waals surface area contributed by atoms with Crippen LogP contribution in [0.4, 0.5) is 0 Å². The van der Waals surface area contributed by atoms with Crippen molar-refractivity contribution in [3.63, 3.8) is 0 Å². The quantitative estimate of drug-likeness (QED) is 0.738. The van der Waals surface area contributed by atoms with Gasteiger partial charge in [-0.25, -0.2) is 0 Å². The first-order valence-corrected chi connectivity index (χ1v) is 7.38. The second-order valence-electron chi connectivity index (χ2n) is 5.25. The largest absolute Gasteiger partial charge is 0.454 e. The minimum absolute atomic E-state index is 0.0884. The molecule has 0 aliphatic carbocycles. The highest BCUT2D eigenvalue weighted by molar-refractivity contribution is 5.75. The third-order valence-electron chi connectivity index (χ3n) is 3.45. The first-order chi connectivity index (χ1) is 11.7. The molecule has 0 atom stereocenters. The van der Waals surface area contributed by atoms with Gasteiger partial charge in [0.05, 0.1) is 19.7 Å². The zero-order chi connectivity index (χ0) is 16.9. The molecule has 0 saturated heterocycles. The van der Waals surface area contributed by atoms with Crippen LogP contribution in [0.15, 0.2) is 22.7 Å². The first kappa shape index (κ1) is 16.2. The van der Waals surface area contributed by atoms with Crippen LogP contribution in [-0.2, 0) is 16.1 Å². The fraction of sp³-hybridized carbons (Fsp3) is 0.400. The van der Waals surface area contributed by atoms with Gasteiger partial charge in [0.2, 0.25) is 24.4 Å². The van der Waals surface area contributed by atoms with Gasteiger partial charge in [-0.2, -0.15) is 4.98 Å². The van der Waals surface area contributed by atoms with Crippen LogP contribution in [0.25, 0.3) is 11.4 Å². The van der Waals surface area contributed by atoms with E-state index in [1.807, 2.05) is 6.07 Å². The molecule has 0 radical (unpaired) electrons. The van der Waals surface area contributed by atoms with Gasteiger partial charge in [-0.05, 0) is 18.2 Å². The van der Waals surface area contributed by atoms with Gasteiger partial charge in [0.25, 0.3) is 0 Å². The zero-order valence-electron chi connectivity index (χ0n) is 13.2. The maximum Gasteiger partial charge on any atom is 0.241 e. The third kappa shape index (κ3) is 3.81. The maximum absolute atomic E-state index is 11.1. The molecule has 0 saturated carbocycles. The Morgan fingerprint density at radius 2 is 2.21 bits per heavy atom. The van der Waals surface area contributed by atoms with E-state index in [0.717, 1.165) is 5.56 Å². The number of hydrogen-bond acceptors (Lipinski definition) is 8. The van der Waals surface area contributed by atoms with Crippen LogP contribution in [0.1, 0.15) is 5.89 Å². The number of hydrogen-bond donors (Lipinski definition) is 1. The molecule has 1 aliphatic heterocycles. The standard InChI is InChI=1S/C15H18N4O5/c1-21-5-4-19(7-13(16)20)8-14-17-15(18-24-14)10-2-3-11-12(6-10)23-9-22-11/h2-3,6H,4-5,7-9H2,1H3,(H2,16,20). The van der Waals surface area contributed by atoms with Crippen LogP contribution in [-0.4, -0.2) is 54.5 Å². The molecular formula is C15H18N4O5. The van der Waals surface area contributed by atoms with E-state index in [0.29, 0.717) is 42.9 Å². The molecule has 3 rings (SSSR count). The van der Waals surface area contributed by atoms with Crippen molar-refractivity contribution in [3.05, 3.63) is 24.1 Å². The van der Waals surface area contributed by atoms with Crippen molar-refractivity contribution >= 4 is 5.91 Å². The number of nitrogens with zero attached hydrogens (tertiary/aromatic N) is 3. The molecule has 2 heterocycles. The van der Waals surface area contributed by atoms with Crippen molar-refractivity contribution < 1.29 is 23.5 Å². The van der Waals surface area contributed by atoms with Gasteiger partial charge in [0.15, 0.2) is 11.5 Å². The molecule has 1 aromatic carbocycles. The summed E-state index contributed by atoms with van der Waals surface area (Å²) in [4.78, 5) is 17.3. The number of methoxy groups -OCH3 is 1. The highest BCUT2D eigenvalue weighted by Gasteiger charge is 2.18. The van der Waals surface area contributed by atoms with E-state index in [4.69, 9.17) is 24.5 Å². The molecule has 2 aromatic rings. The Hall–Kier alpha value is -2.65. The Kier molecular flexibility index (Phi) is 4.92. The second-order valence-corrected chi connectivity index (χ2v) is 5.25. The Balaban J connectivity index is 1.71. The highest BCUT2D eigenvalue weighted by atomic mass is 16.7. The minimum Gasteiger partial charge on any atom is -0.454 e. The summed E-state index contributed by atoms with van der Waals surface area (Å²) in [6.07, 6.45) is 0. The summed E-state index contributed by atoms with van der Waals surface area (Å²) in [7, 11) is 1.59. The van der Waals surface area contributed by atoms with Gasteiger partial charge >= 0.3 is 0 Å². The molecule has 0 bridgehead atoms. The molecular weight excluding hydrogens is 316 g/mol. The van der Waals surface area contributed by atoms with Crippen LogP contribution in [0.3, 0.4) is 0 Å². The summed E-state index contributed by atoms with van der Waals surface area (Å²) in [5, 5.41) is 3.97. The van der Waals surface area contributed by atoms with Crippen molar-refractivity contribution in [2.24, 2.45) is 5.73 Å². The lowest BCUT2D eigenvalue weighted by Gasteiger charge is -2.17. The fourth-order valence-electron chi connectivity index (χ4n) is 2.32.